The Balaban J connectivity index is 1.18. The number of halogens is 1. The van der Waals surface area contributed by atoms with Crippen LogP contribution in [0.3, 0.4) is 0 Å². The second kappa shape index (κ2) is 15.1. The Hall–Kier alpha value is -2.36. The van der Waals surface area contributed by atoms with Crippen LogP contribution in [0.25, 0.3) is 0 Å². The van der Waals surface area contributed by atoms with E-state index in [0.717, 1.165) is 69.8 Å². The van der Waals surface area contributed by atoms with Gasteiger partial charge in [0.1, 0.15) is 12.1 Å². The summed E-state index contributed by atoms with van der Waals surface area (Å²) in [6.07, 6.45) is 11.4. The van der Waals surface area contributed by atoms with Crippen molar-refractivity contribution in [3.05, 3.63) is 34.9 Å². The first kappa shape index (κ1) is 32.0. The highest BCUT2D eigenvalue weighted by Gasteiger charge is 2.45. The highest BCUT2D eigenvalue weighted by Crippen LogP contribution is 2.36. The molecule has 2 saturated carbocycles. The number of amides is 3. The van der Waals surface area contributed by atoms with Gasteiger partial charge in [0.15, 0.2) is 0 Å². The number of hydrogen-bond acceptors (Lipinski definition) is 6. The number of carbonyl (C=O) groups excluding carboxylic acids is 3. The molecule has 2 aliphatic heterocycles. The molecule has 4 aliphatic rings. The van der Waals surface area contributed by atoms with E-state index in [4.69, 9.17) is 21.1 Å². The zero-order valence-corrected chi connectivity index (χ0v) is 25.9. The summed E-state index contributed by atoms with van der Waals surface area (Å²) < 4.78 is 11.4. The minimum atomic E-state index is -0.767. The predicted molar refractivity (Wildman–Crippen MR) is 164 cm³/mol. The highest BCUT2D eigenvalue weighted by molar-refractivity contribution is 6.30. The lowest BCUT2D eigenvalue weighted by molar-refractivity contribution is -0.126. The van der Waals surface area contributed by atoms with Crippen molar-refractivity contribution < 1.29 is 29.0 Å². The van der Waals surface area contributed by atoms with Crippen molar-refractivity contribution in [2.45, 2.75) is 114 Å². The zero-order valence-electron chi connectivity index (χ0n) is 25.2. The summed E-state index contributed by atoms with van der Waals surface area (Å²) in [7, 11) is 0. The van der Waals surface area contributed by atoms with Gasteiger partial charge < -0.3 is 30.5 Å². The molecular formula is C33H48ClN3O6. The molecule has 1 aromatic carbocycles. The van der Waals surface area contributed by atoms with Crippen molar-refractivity contribution in [2.75, 3.05) is 19.8 Å². The van der Waals surface area contributed by atoms with Gasteiger partial charge in [-0.3, -0.25) is 9.59 Å². The molecule has 4 N–H and O–H groups in total. The van der Waals surface area contributed by atoms with Gasteiger partial charge in [0.2, 0.25) is 11.8 Å². The molecule has 43 heavy (non-hydrogen) atoms. The van der Waals surface area contributed by atoms with Crippen LogP contribution in [0.5, 0.6) is 0 Å². The number of rotatable bonds is 11. The Bertz CT molecular complexity index is 1110. The fourth-order valence-electron chi connectivity index (χ4n) is 7.74. The third-order valence-corrected chi connectivity index (χ3v) is 10.4. The van der Waals surface area contributed by atoms with Crippen LogP contribution in [0.1, 0.15) is 89.0 Å². The molecule has 4 unspecified atom stereocenters. The van der Waals surface area contributed by atoms with Gasteiger partial charge in [-0.15, -0.1) is 0 Å². The Kier molecular flexibility index (Phi) is 11.2. The Morgan fingerprint density at radius 3 is 2.60 bits per heavy atom. The van der Waals surface area contributed by atoms with Gasteiger partial charge in [0, 0.05) is 35.6 Å². The van der Waals surface area contributed by atoms with Gasteiger partial charge in [0.05, 0.1) is 12.6 Å². The van der Waals surface area contributed by atoms with E-state index in [2.05, 4.69) is 16.0 Å². The van der Waals surface area contributed by atoms with Gasteiger partial charge in [0.25, 0.3) is 0 Å². The van der Waals surface area contributed by atoms with E-state index >= 15 is 0 Å². The normalized spacial score (nSPS) is 26.9. The molecule has 3 amide bonds. The van der Waals surface area contributed by atoms with Crippen LogP contribution in [-0.2, 0) is 25.5 Å². The van der Waals surface area contributed by atoms with Crippen LogP contribution >= 0.6 is 11.6 Å². The van der Waals surface area contributed by atoms with Crippen molar-refractivity contribution in [2.24, 2.45) is 17.8 Å². The van der Waals surface area contributed by atoms with Crippen LogP contribution in [0.15, 0.2) is 24.3 Å². The summed E-state index contributed by atoms with van der Waals surface area (Å²) in [4.78, 5) is 39.7. The van der Waals surface area contributed by atoms with Gasteiger partial charge in [-0.1, -0.05) is 55.8 Å². The fraction of sp³-hybridized carbons (Fsp3) is 0.727. The standard InChI is InChI=1S/C33H48ClN3O6/c34-26-10-4-8-23(17-26)16-24-9-5-11-29(24)43-32(41)36-28(18-22-6-2-1-3-7-22)31(40)35-27(21-38)19-25-20-33(37-30(25)39)12-14-42-15-13-33/h4,8,10,17,22,24-25,27-29,38H,1-3,5-7,9,11-16,18-21H2,(H,35,40)(H,36,41)(H,37,39)/t24?,25?,27?,28-,29?/m0/s1. The molecule has 4 fully saturated rings. The second-order valence-corrected chi connectivity index (χ2v) is 13.7. The molecule has 9 nitrogen and oxygen atoms in total. The minimum Gasteiger partial charge on any atom is -0.446 e. The zero-order chi connectivity index (χ0) is 30.2. The molecule has 2 aliphatic carbocycles. The van der Waals surface area contributed by atoms with Crippen molar-refractivity contribution in [3.63, 3.8) is 0 Å². The molecule has 1 aromatic rings. The third-order valence-electron chi connectivity index (χ3n) is 10.1. The van der Waals surface area contributed by atoms with Gasteiger partial charge in [-0.25, -0.2) is 4.79 Å². The first-order valence-corrected chi connectivity index (χ1v) is 16.7. The monoisotopic (exact) mass is 617 g/mol. The lowest BCUT2D eigenvalue weighted by atomic mass is 9.83. The van der Waals surface area contributed by atoms with E-state index < -0.39 is 18.2 Å². The first-order valence-electron chi connectivity index (χ1n) is 16.3. The minimum absolute atomic E-state index is 0.0288. The number of aliphatic hydroxyl groups excluding tert-OH is 1. The molecule has 0 radical (unpaired) electrons. The smallest absolute Gasteiger partial charge is 0.408 e. The summed E-state index contributed by atoms with van der Waals surface area (Å²) in [5, 5.41) is 19.9. The molecule has 1 spiro atoms. The van der Waals surface area contributed by atoms with E-state index in [9.17, 15) is 19.5 Å². The van der Waals surface area contributed by atoms with Crippen molar-refractivity contribution in [1.29, 1.82) is 0 Å². The Morgan fingerprint density at radius 1 is 1.07 bits per heavy atom. The highest BCUT2D eigenvalue weighted by atomic mass is 35.5. The molecule has 0 aromatic heterocycles. The molecule has 2 saturated heterocycles. The largest absolute Gasteiger partial charge is 0.446 e. The fourth-order valence-corrected chi connectivity index (χ4v) is 7.96. The number of nitrogens with one attached hydrogen (secondary N) is 3. The van der Waals surface area contributed by atoms with Crippen molar-refractivity contribution >= 4 is 29.5 Å². The maximum Gasteiger partial charge on any atom is 0.408 e. The summed E-state index contributed by atoms with van der Waals surface area (Å²) >= 11 is 6.18. The third kappa shape index (κ3) is 8.85. The molecule has 2 heterocycles. The van der Waals surface area contributed by atoms with E-state index in [1.807, 2.05) is 24.3 Å². The number of carbonyl (C=O) groups is 3. The average molecular weight is 618 g/mol. The van der Waals surface area contributed by atoms with Crippen LogP contribution < -0.4 is 16.0 Å². The van der Waals surface area contributed by atoms with E-state index in [0.29, 0.717) is 43.4 Å². The van der Waals surface area contributed by atoms with Crippen LogP contribution in [0, 0.1) is 17.8 Å². The summed E-state index contributed by atoms with van der Waals surface area (Å²) in [6, 6.07) is 6.44. The van der Waals surface area contributed by atoms with Crippen LogP contribution in [0.2, 0.25) is 5.02 Å². The topological polar surface area (TPSA) is 126 Å². The van der Waals surface area contributed by atoms with Crippen LogP contribution in [0.4, 0.5) is 4.79 Å². The number of ether oxygens (including phenoxy) is 2. The number of hydrogen-bond donors (Lipinski definition) is 4. The van der Waals surface area contributed by atoms with E-state index in [-0.39, 0.29) is 41.9 Å². The van der Waals surface area contributed by atoms with Gasteiger partial charge >= 0.3 is 6.09 Å². The molecule has 0 bridgehead atoms. The first-order chi connectivity index (χ1) is 20.8. The van der Waals surface area contributed by atoms with Crippen molar-refractivity contribution in [3.8, 4) is 0 Å². The molecule has 238 valence electrons. The van der Waals surface area contributed by atoms with E-state index in [1.165, 1.54) is 6.42 Å². The maximum absolute atomic E-state index is 13.6. The molecular weight excluding hydrogens is 570 g/mol. The van der Waals surface area contributed by atoms with E-state index in [1.54, 1.807) is 0 Å². The summed E-state index contributed by atoms with van der Waals surface area (Å²) in [5.74, 6) is -0.107. The predicted octanol–water partition coefficient (Wildman–Crippen LogP) is 4.67. The Morgan fingerprint density at radius 2 is 1.86 bits per heavy atom. The Labute approximate surface area is 260 Å². The van der Waals surface area contributed by atoms with Gasteiger partial charge in [-0.05, 0) is 81.4 Å². The lowest BCUT2D eigenvalue weighted by Gasteiger charge is -2.33. The van der Waals surface area contributed by atoms with Crippen molar-refractivity contribution in [1.82, 2.24) is 16.0 Å². The summed E-state index contributed by atoms with van der Waals surface area (Å²) in [6.45, 7) is 0.972. The average Bonchev–Trinajstić information content (AvgIpc) is 3.55. The molecule has 5 atom stereocenters. The van der Waals surface area contributed by atoms with Gasteiger partial charge in [-0.2, -0.15) is 0 Å². The maximum atomic E-state index is 13.6. The number of benzene rings is 1. The lowest BCUT2D eigenvalue weighted by Crippen LogP contribution is -2.52. The molecule has 5 rings (SSSR count). The van der Waals surface area contributed by atoms with Crippen LogP contribution in [-0.4, -0.2) is 66.6 Å². The molecule has 10 heteroatoms. The summed E-state index contributed by atoms with van der Waals surface area (Å²) in [5.41, 5.74) is 0.876. The number of alkyl carbamates (subject to hydrolysis) is 1. The quantitative estimate of drug-likeness (QED) is 0.286. The second-order valence-electron chi connectivity index (χ2n) is 13.3. The number of aliphatic hydroxyl groups is 1. The SMILES string of the molecule is O=C(N[C@@H](CC1CCCCC1)C(=O)NC(CO)CC1CC2(CCOCC2)NC1=O)OC1CCCC1Cc1cccc(Cl)c1.